The van der Waals surface area contributed by atoms with Crippen LogP contribution in [0.25, 0.3) is 22.2 Å². The van der Waals surface area contributed by atoms with Crippen LogP contribution in [0.2, 0.25) is 5.02 Å². The molecular weight excluding hydrogens is 535 g/mol. The minimum Gasteiger partial charge on any atom is -0.494 e. The number of nitrogens with one attached hydrogen (secondary N) is 1. The van der Waals surface area contributed by atoms with Gasteiger partial charge in [0.15, 0.2) is 0 Å². The van der Waals surface area contributed by atoms with Crippen LogP contribution in [0.5, 0.6) is 5.75 Å². The highest BCUT2D eigenvalue weighted by atomic mass is 35.5. The van der Waals surface area contributed by atoms with Gasteiger partial charge in [0.25, 0.3) is 5.91 Å². The Labute approximate surface area is 237 Å². The second kappa shape index (κ2) is 11.1. The molecule has 8 nitrogen and oxygen atoms in total. The molecule has 0 aliphatic rings. The van der Waals surface area contributed by atoms with Crippen molar-refractivity contribution in [2.45, 2.75) is 45.8 Å². The van der Waals surface area contributed by atoms with Crippen molar-refractivity contribution >= 4 is 28.4 Å². The summed E-state index contributed by atoms with van der Waals surface area (Å²) >= 11 is 6.68. The number of benzene rings is 2. The van der Waals surface area contributed by atoms with Crippen molar-refractivity contribution in [2.75, 3.05) is 13.7 Å². The van der Waals surface area contributed by atoms with Crippen LogP contribution in [-0.4, -0.2) is 45.0 Å². The molecule has 1 amide bonds. The number of aromatic nitrogens is 3. The SMILES string of the molecule is COc1cc(C(=O)NCC(O)(c2cc(C(C)(C)O)c(Cl)c(-c3ccc(F)cc3)n2)C(C)C)cc2cc(C)nnc12. The molecule has 2 aromatic heterocycles. The lowest BCUT2D eigenvalue weighted by Gasteiger charge is -2.34. The zero-order valence-corrected chi connectivity index (χ0v) is 24.0. The highest BCUT2D eigenvalue weighted by Crippen LogP contribution is 2.39. The highest BCUT2D eigenvalue weighted by Gasteiger charge is 2.38. The van der Waals surface area contributed by atoms with E-state index in [0.717, 1.165) is 0 Å². The van der Waals surface area contributed by atoms with E-state index in [1.807, 2.05) is 0 Å². The van der Waals surface area contributed by atoms with E-state index in [0.29, 0.717) is 39.0 Å². The number of hydrogen-bond donors (Lipinski definition) is 3. The average Bonchev–Trinajstić information content (AvgIpc) is 2.90. The summed E-state index contributed by atoms with van der Waals surface area (Å²) in [6.45, 7) is 8.34. The zero-order valence-electron chi connectivity index (χ0n) is 23.2. The second-order valence-corrected chi connectivity index (χ2v) is 11.0. The lowest BCUT2D eigenvalue weighted by Crippen LogP contribution is -2.45. The lowest BCUT2D eigenvalue weighted by molar-refractivity contribution is -0.0127. The Morgan fingerprint density at radius 1 is 1.10 bits per heavy atom. The Kier molecular flexibility index (Phi) is 8.12. The predicted octanol–water partition coefficient (Wildman–Crippen LogP) is 5.30. The number of carbonyl (C=O) groups is 1. The lowest BCUT2D eigenvalue weighted by atomic mass is 9.84. The van der Waals surface area contributed by atoms with E-state index in [-0.39, 0.29) is 23.0 Å². The van der Waals surface area contributed by atoms with Gasteiger partial charge < -0.3 is 20.3 Å². The molecule has 0 saturated carbocycles. The summed E-state index contributed by atoms with van der Waals surface area (Å²) in [7, 11) is 1.49. The summed E-state index contributed by atoms with van der Waals surface area (Å²) in [5.41, 5.74) is -0.184. The third-order valence-electron chi connectivity index (χ3n) is 6.91. The predicted molar refractivity (Wildman–Crippen MR) is 152 cm³/mol. The van der Waals surface area contributed by atoms with Crippen LogP contribution in [0.3, 0.4) is 0 Å². The summed E-state index contributed by atoms with van der Waals surface area (Å²) in [5, 5.41) is 34.8. The average molecular weight is 567 g/mol. The highest BCUT2D eigenvalue weighted by molar-refractivity contribution is 6.34. The van der Waals surface area contributed by atoms with Crippen LogP contribution < -0.4 is 10.1 Å². The minimum absolute atomic E-state index is 0.180. The maximum atomic E-state index is 13.6. The molecular formula is C30H32ClFN4O4. The van der Waals surface area contributed by atoms with Gasteiger partial charge in [-0.2, -0.15) is 5.10 Å². The van der Waals surface area contributed by atoms with Crippen LogP contribution >= 0.6 is 11.6 Å². The molecule has 0 aliphatic heterocycles. The number of methoxy groups -OCH3 is 1. The monoisotopic (exact) mass is 566 g/mol. The first-order valence-electron chi connectivity index (χ1n) is 12.8. The van der Waals surface area contributed by atoms with Gasteiger partial charge in [-0.05, 0) is 75.2 Å². The van der Waals surface area contributed by atoms with E-state index in [1.165, 1.54) is 31.4 Å². The number of pyridine rings is 1. The van der Waals surface area contributed by atoms with Crippen LogP contribution in [0.1, 0.15) is 55.0 Å². The number of amides is 1. The number of fused-ring (bicyclic) bond motifs is 1. The molecule has 210 valence electrons. The molecule has 0 fully saturated rings. The number of halogens is 2. The summed E-state index contributed by atoms with van der Waals surface area (Å²) in [5.74, 6) is -0.884. The Bertz CT molecular complexity index is 1570. The number of rotatable bonds is 8. The minimum atomic E-state index is -1.65. The van der Waals surface area contributed by atoms with Gasteiger partial charge in [0.1, 0.15) is 22.7 Å². The van der Waals surface area contributed by atoms with Gasteiger partial charge in [0.05, 0.1) is 41.4 Å². The fourth-order valence-corrected chi connectivity index (χ4v) is 4.86. The van der Waals surface area contributed by atoms with Crippen molar-refractivity contribution in [3.05, 3.63) is 81.9 Å². The summed E-state index contributed by atoms with van der Waals surface area (Å²) in [4.78, 5) is 18.0. The quantitative estimate of drug-likeness (QED) is 0.265. The van der Waals surface area contributed by atoms with Crippen molar-refractivity contribution in [1.29, 1.82) is 0 Å². The Morgan fingerprint density at radius 2 is 1.77 bits per heavy atom. The first-order chi connectivity index (χ1) is 18.7. The molecule has 0 saturated heterocycles. The molecule has 2 aromatic carbocycles. The van der Waals surface area contributed by atoms with Crippen LogP contribution in [0.15, 0.2) is 48.5 Å². The molecule has 4 aromatic rings. The molecule has 0 spiro atoms. The fraction of sp³-hybridized carbons (Fsp3) is 0.333. The van der Waals surface area contributed by atoms with Gasteiger partial charge >= 0.3 is 0 Å². The first-order valence-corrected chi connectivity index (χ1v) is 13.1. The fourth-order valence-electron chi connectivity index (χ4n) is 4.42. The molecule has 3 N–H and O–H groups in total. The van der Waals surface area contributed by atoms with Gasteiger partial charge in [-0.15, -0.1) is 5.10 Å². The molecule has 1 unspecified atom stereocenters. The number of hydrogen-bond acceptors (Lipinski definition) is 7. The zero-order chi connectivity index (χ0) is 29.4. The number of carbonyl (C=O) groups excluding carboxylic acids is 1. The molecule has 40 heavy (non-hydrogen) atoms. The third kappa shape index (κ3) is 5.77. The summed E-state index contributed by atoms with van der Waals surface area (Å²) in [6, 6.07) is 12.2. The van der Waals surface area contributed by atoms with E-state index in [9.17, 15) is 19.4 Å². The van der Waals surface area contributed by atoms with E-state index in [1.54, 1.807) is 58.9 Å². The number of ether oxygens (including phenoxy) is 1. The molecule has 4 rings (SSSR count). The molecule has 0 aliphatic carbocycles. The molecule has 0 radical (unpaired) electrons. The Morgan fingerprint density at radius 3 is 2.38 bits per heavy atom. The van der Waals surface area contributed by atoms with Gasteiger partial charge in [-0.1, -0.05) is 25.4 Å². The second-order valence-electron chi connectivity index (χ2n) is 10.6. The van der Waals surface area contributed by atoms with Crippen LogP contribution in [-0.2, 0) is 11.2 Å². The van der Waals surface area contributed by atoms with Crippen molar-refractivity contribution in [2.24, 2.45) is 5.92 Å². The summed E-state index contributed by atoms with van der Waals surface area (Å²) < 4.78 is 19.1. The first kappa shape index (κ1) is 29.3. The molecule has 1 atom stereocenters. The Hall–Kier alpha value is -3.66. The number of aliphatic hydroxyl groups is 2. The molecule has 0 bridgehead atoms. The normalized spacial score (nSPS) is 13.4. The van der Waals surface area contributed by atoms with Gasteiger partial charge in [-0.3, -0.25) is 4.79 Å². The van der Waals surface area contributed by atoms with Gasteiger partial charge in [0, 0.05) is 22.1 Å². The van der Waals surface area contributed by atoms with Gasteiger partial charge in [0.2, 0.25) is 0 Å². The number of nitrogens with zero attached hydrogens (tertiary/aromatic N) is 3. The van der Waals surface area contributed by atoms with Crippen molar-refractivity contribution < 1.29 is 24.1 Å². The smallest absolute Gasteiger partial charge is 0.251 e. The van der Waals surface area contributed by atoms with Crippen LogP contribution in [0, 0.1) is 18.7 Å². The van der Waals surface area contributed by atoms with Crippen molar-refractivity contribution in [3.63, 3.8) is 0 Å². The molecule has 2 heterocycles. The van der Waals surface area contributed by atoms with E-state index in [2.05, 4.69) is 20.5 Å². The topological polar surface area (TPSA) is 117 Å². The third-order valence-corrected chi connectivity index (χ3v) is 7.29. The van der Waals surface area contributed by atoms with Crippen molar-refractivity contribution in [1.82, 2.24) is 20.5 Å². The van der Waals surface area contributed by atoms with E-state index >= 15 is 0 Å². The summed E-state index contributed by atoms with van der Waals surface area (Å²) in [6.07, 6.45) is 0. The standard InChI is InChI=1S/C30H32ClFN4O4/c1-16(2)30(39,15-33-28(37)20-12-19-11-17(3)35-36-26(19)23(13-20)40-6)24-14-22(29(4,5)38)25(31)27(34-24)18-7-9-21(32)10-8-18/h7-14,16,38-39H,15H2,1-6H3,(H,33,37). The Balaban J connectivity index is 1.75. The van der Waals surface area contributed by atoms with Crippen LogP contribution in [0.4, 0.5) is 4.39 Å². The van der Waals surface area contributed by atoms with Gasteiger partial charge in [-0.25, -0.2) is 9.37 Å². The maximum absolute atomic E-state index is 13.6. The largest absolute Gasteiger partial charge is 0.494 e. The van der Waals surface area contributed by atoms with Crippen molar-refractivity contribution in [3.8, 4) is 17.0 Å². The number of aryl methyl sites for hydroxylation is 1. The van der Waals surface area contributed by atoms with E-state index < -0.39 is 28.8 Å². The molecule has 10 heteroatoms. The van der Waals surface area contributed by atoms with E-state index in [4.69, 9.17) is 16.3 Å². The maximum Gasteiger partial charge on any atom is 0.251 e.